The van der Waals surface area contributed by atoms with Crippen LogP contribution < -0.4 is 0 Å². The summed E-state index contributed by atoms with van der Waals surface area (Å²) in [5, 5.41) is 9.54. The Kier molecular flexibility index (Phi) is 4.48. The van der Waals surface area contributed by atoms with Crippen molar-refractivity contribution in [3.05, 3.63) is 34.9 Å². The molecule has 1 aliphatic rings. The van der Waals surface area contributed by atoms with Gasteiger partial charge < -0.3 is 5.11 Å². The molecule has 0 saturated carbocycles. The Morgan fingerprint density at radius 3 is 2.80 bits per heavy atom. The van der Waals surface area contributed by atoms with Gasteiger partial charge in [0.2, 0.25) is 0 Å². The van der Waals surface area contributed by atoms with Crippen molar-refractivity contribution in [2.24, 2.45) is 5.41 Å². The van der Waals surface area contributed by atoms with E-state index < -0.39 is 11.4 Å². The van der Waals surface area contributed by atoms with Gasteiger partial charge in [0.25, 0.3) is 0 Å². The van der Waals surface area contributed by atoms with Gasteiger partial charge in [0.1, 0.15) is 0 Å². The molecule has 0 radical (unpaired) electrons. The second kappa shape index (κ2) is 5.96. The summed E-state index contributed by atoms with van der Waals surface area (Å²) in [6, 6.07) is 6.50. The van der Waals surface area contributed by atoms with Crippen LogP contribution in [0, 0.1) is 19.3 Å². The Balaban J connectivity index is 2.13. The van der Waals surface area contributed by atoms with Gasteiger partial charge in [0.05, 0.1) is 5.41 Å². The van der Waals surface area contributed by atoms with E-state index in [0.717, 1.165) is 25.9 Å². The number of likely N-dealkylation sites (tertiary alicyclic amines) is 1. The molecule has 1 saturated heterocycles. The first-order chi connectivity index (χ1) is 9.47. The van der Waals surface area contributed by atoms with Crippen LogP contribution >= 0.6 is 0 Å². The van der Waals surface area contributed by atoms with Crippen molar-refractivity contribution >= 4 is 5.97 Å². The molecule has 1 aliphatic heterocycles. The summed E-state index contributed by atoms with van der Waals surface area (Å²) in [5.74, 6) is -0.634. The number of benzene rings is 1. The molecule has 0 spiro atoms. The SMILES string of the molecule is CCC1(C(=O)O)CCCN(Cc2cc(C)ccc2C)C1. The number of carbonyl (C=O) groups is 1. The van der Waals surface area contributed by atoms with Gasteiger partial charge in [-0.2, -0.15) is 0 Å². The average molecular weight is 275 g/mol. The predicted octanol–water partition coefficient (Wildman–Crippen LogP) is 3.38. The van der Waals surface area contributed by atoms with E-state index in [0.29, 0.717) is 13.0 Å². The molecule has 110 valence electrons. The molecule has 3 nitrogen and oxygen atoms in total. The molecule has 0 amide bonds. The third-order valence-electron chi connectivity index (χ3n) is 4.68. The summed E-state index contributed by atoms with van der Waals surface area (Å²) in [6.45, 7) is 8.77. The van der Waals surface area contributed by atoms with E-state index in [2.05, 4.69) is 36.9 Å². The minimum absolute atomic E-state index is 0.546. The van der Waals surface area contributed by atoms with Gasteiger partial charge in [0, 0.05) is 13.1 Å². The largest absolute Gasteiger partial charge is 0.481 e. The molecule has 2 rings (SSSR count). The molecule has 1 N–H and O–H groups in total. The first-order valence-corrected chi connectivity index (χ1v) is 7.49. The van der Waals surface area contributed by atoms with Crippen LogP contribution in [0.4, 0.5) is 0 Å². The lowest BCUT2D eigenvalue weighted by molar-refractivity contribution is -0.153. The summed E-state index contributed by atoms with van der Waals surface area (Å²) in [5.41, 5.74) is 3.33. The van der Waals surface area contributed by atoms with Gasteiger partial charge >= 0.3 is 5.97 Å². The maximum absolute atomic E-state index is 11.6. The number of aliphatic carboxylic acids is 1. The number of aryl methyl sites for hydroxylation is 2. The van der Waals surface area contributed by atoms with E-state index in [-0.39, 0.29) is 0 Å². The second-order valence-electron chi connectivity index (χ2n) is 6.18. The molecule has 0 bridgehead atoms. The molecule has 20 heavy (non-hydrogen) atoms. The summed E-state index contributed by atoms with van der Waals surface area (Å²) >= 11 is 0. The fraction of sp³-hybridized carbons (Fsp3) is 0.588. The molecule has 0 aromatic heterocycles. The molecule has 3 heteroatoms. The maximum Gasteiger partial charge on any atom is 0.310 e. The minimum atomic E-state index is -0.634. The average Bonchev–Trinajstić information content (AvgIpc) is 2.43. The van der Waals surface area contributed by atoms with E-state index in [4.69, 9.17) is 0 Å². The molecule has 1 atom stereocenters. The zero-order valence-electron chi connectivity index (χ0n) is 12.8. The highest BCUT2D eigenvalue weighted by Crippen LogP contribution is 2.34. The van der Waals surface area contributed by atoms with Crippen LogP contribution in [-0.4, -0.2) is 29.1 Å². The lowest BCUT2D eigenvalue weighted by Gasteiger charge is -2.39. The van der Waals surface area contributed by atoms with Crippen molar-refractivity contribution in [2.75, 3.05) is 13.1 Å². The van der Waals surface area contributed by atoms with Gasteiger partial charge in [-0.3, -0.25) is 9.69 Å². The van der Waals surface area contributed by atoms with Crippen LogP contribution in [0.1, 0.15) is 42.9 Å². The molecule has 1 aromatic rings. The fourth-order valence-electron chi connectivity index (χ4n) is 3.19. The summed E-state index contributed by atoms with van der Waals surface area (Å²) in [4.78, 5) is 13.9. The van der Waals surface area contributed by atoms with Gasteiger partial charge in [-0.15, -0.1) is 0 Å². The highest BCUT2D eigenvalue weighted by Gasteiger charge is 2.40. The quantitative estimate of drug-likeness (QED) is 0.915. The number of hydrogen-bond donors (Lipinski definition) is 1. The van der Waals surface area contributed by atoms with Gasteiger partial charge in [-0.05, 0) is 50.8 Å². The maximum atomic E-state index is 11.6. The number of rotatable bonds is 4. The normalized spacial score (nSPS) is 23.8. The van der Waals surface area contributed by atoms with Crippen LogP contribution in [0.3, 0.4) is 0 Å². The molecule has 1 aromatic carbocycles. The first-order valence-electron chi connectivity index (χ1n) is 7.49. The topological polar surface area (TPSA) is 40.5 Å². The number of nitrogens with zero attached hydrogens (tertiary/aromatic N) is 1. The van der Waals surface area contributed by atoms with Crippen molar-refractivity contribution in [3.63, 3.8) is 0 Å². The second-order valence-corrected chi connectivity index (χ2v) is 6.18. The number of carboxylic acids is 1. The fourth-order valence-corrected chi connectivity index (χ4v) is 3.19. The van der Waals surface area contributed by atoms with Crippen LogP contribution in [-0.2, 0) is 11.3 Å². The first kappa shape index (κ1) is 15.0. The van der Waals surface area contributed by atoms with Gasteiger partial charge in [-0.25, -0.2) is 0 Å². The molecular formula is C17H25NO2. The highest BCUT2D eigenvalue weighted by atomic mass is 16.4. The Morgan fingerprint density at radius 1 is 1.40 bits per heavy atom. The van der Waals surface area contributed by atoms with E-state index in [1.54, 1.807) is 0 Å². The van der Waals surface area contributed by atoms with Crippen LogP contribution in [0.5, 0.6) is 0 Å². The molecule has 1 heterocycles. The molecule has 1 unspecified atom stereocenters. The van der Waals surface area contributed by atoms with E-state index in [9.17, 15) is 9.90 Å². The lowest BCUT2D eigenvalue weighted by atomic mass is 9.77. The van der Waals surface area contributed by atoms with Gasteiger partial charge in [0.15, 0.2) is 0 Å². The number of piperidine rings is 1. The Labute approximate surface area is 121 Å². The number of hydrogen-bond acceptors (Lipinski definition) is 2. The predicted molar refractivity (Wildman–Crippen MR) is 80.8 cm³/mol. The Morgan fingerprint density at radius 2 is 2.15 bits per heavy atom. The van der Waals surface area contributed by atoms with Crippen molar-refractivity contribution < 1.29 is 9.90 Å². The third-order valence-corrected chi connectivity index (χ3v) is 4.68. The molecule has 0 aliphatic carbocycles. The van der Waals surface area contributed by atoms with Crippen molar-refractivity contribution in [3.8, 4) is 0 Å². The van der Waals surface area contributed by atoms with Crippen LogP contribution in [0.2, 0.25) is 0 Å². The van der Waals surface area contributed by atoms with E-state index >= 15 is 0 Å². The van der Waals surface area contributed by atoms with E-state index in [1.807, 2.05) is 6.92 Å². The van der Waals surface area contributed by atoms with Gasteiger partial charge in [-0.1, -0.05) is 30.7 Å². The Hall–Kier alpha value is -1.35. The summed E-state index contributed by atoms with van der Waals surface area (Å²) in [7, 11) is 0. The highest BCUT2D eigenvalue weighted by molar-refractivity contribution is 5.75. The van der Waals surface area contributed by atoms with Crippen LogP contribution in [0.25, 0.3) is 0 Å². The summed E-state index contributed by atoms with van der Waals surface area (Å²) in [6.07, 6.45) is 2.50. The van der Waals surface area contributed by atoms with Crippen molar-refractivity contribution in [2.45, 2.75) is 46.6 Å². The summed E-state index contributed by atoms with van der Waals surface area (Å²) < 4.78 is 0. The lowest BCUT2D eigenvalue weighted by Crippen LogP contribution is -2.47. The zero-order chi connectivity index (χ0) is 14.8. The van der Waals surface area contributed by atoms with Crippen molar-refractivity contribution in [1.29, 1.82) is 0 Å². The smallest absolute Gasteiger partial charge is 0.310 e. The Bertz CT molecular complexity index is 498. The zero-order valence-corrected chi connectivity index (χ0v) is 12.8. The standard InChI is InChI=1S/C17H25NO2/c1-4-17(16(19)20)8-5-9-18(12-17)11-15-10-13(2)6-7-14(15)3/h6-7,10H,4-5,8-9,11-12H2,1-3H3,(H,19,20). The van der Waals surface area contributed by atoms with Crippen molar-refractivity contribution in [1.82, 2.24) is 4.90 Å². The van der Waals surface area contributed by atoms with E-state index in [1.165, 1.54) is 16.7 Å². The van der Waals surface area contributed by atoms with Crippen LogP contribution in [0.15, 0.2) is 18.2 Å². The molecular weight excluding hydrogens is 250 g/mol. The third kappa shape index (κ3) is 3.04. The monoisotopic (exact) mass is 275 g/mol. The number of carboxylic acid groups (broad SMARTS) is 1. The minimum Gasteiger partial charge on any atom is -0.481 e. The molecule has 1 fully saturated rings.